The first kappa shape index (κ1) is 23.3. The summed E-state index contributed by atoms with van der Waals surface area (Å²) in [4.78, 5) is 24.6. The highest BCUT2D eigenvalue weighted by Gasteiger charge is 2.44. The van der Waals surface area contributed by atoms with Gasteiger partial charge in [-0.3, -0.25) is 0 Å². The quantitative estimate of drug-likeness (QED) is 0.609. The second-order valence-electron chi connectivity index (χ2n) is 8.73. The van der Waals surface area contributed by atoms with Gasteiger partial charge in [-0.1, -0.05) is 69.3 Å². The number of carbonyl (C=O) groups excluding carboxylic acids is 1. The molecule has 1 aliphatic heterocycles. The van der Waals surface area contributed by atoms with E-state index in [0.29, 0.717) is 19.4 Å². The summed E-state index contributed by atoms with van der Waals surface area (Å²) in [7, 11) is 0. The van der Waals surface area contributed by atoms with Crippen LogP contribution in [0.25, 0.3) is 11.1 Å². The van der Waals surface area contributed by atoms with E-state index in [4.69, 9.17) is 14.2 Å². The first-order valence-corrected chi connectivity index (χ1v) is 11.5. The lowest BCUT2D eigenvalue weighted by Gasteiger charge is -2.29. The number of nitrogens with one attached hydrogen (secondary N) is 1. The van der Waals surface area contributed by atoms with Crippen LogP contribution >= 0.6 is 0 Å². The first-order valence-electron chi connectivity index (χ1n) is 11.5. The molecule has 7 nitrogen and oxygen atoms in total. The lowest BCUT2D eigenvalue weighted by Crippen LogP contribution is -2.49. The predicted octanol–water partition coefficient (Wildman–Crippen LogP) is 4.55. The van der Waals surface area contributed by atoms with E-state index >= 15 is 0 Å². The molecule has 33 heavy (non-hydrogen) atoms. The van der Waals surface area contributed by atoms with Crippen molar-refractivity contribution in [3.8, 4) is 11.1 Å². The number of alkyl carbamates (subject to hydrolysis) is 1. The van der Waals surface area contributed by atoms with E-state index < -0.39 is 35.9 Å². The molecule has 7 heteroatoms. The van der Waals surface area contributed by atoms with Crippen molar-refractivity contribution in [1.82, 2.24) is 5.32 Å². The number of aliphatic carboxylic acids is 1. The number of hydrogen-bond acceptors (Lipinski definition) is 5. The monoisotopic (exact) mass is 453 g/mol. The number of rotatable bonds is 8. The van der Waals surface area contributed by atoms with Crippen molar-refractivity contribution in [2.24, 2.45) is 5.92 Å². The average Bonchev–Trinajstić information content (AvgIpc) is 3.41. The van der Waals surface area contributed by atoms with Gasteiger partial charge in [-0.05, 0) is 35.1 Å². The van der Waals surface area contributed by atoms with Gasteiger partial charge in [0.1, 0.15) is 12.6 Å². The number of carboxylic acid groups (broad SMARTS) is 1. The molecule has 4 rings (SSSR count). The summed E-state index contributed by atoms with van der Waals surface area (Å²) in [6.45, 7) is 6.11. The van der Waals surface area contributed by atoms with Gasteiger partial charge in [0, 0.05) is 11.8 Å². The molecule has 2 aromatic rings. The zero-order valence-corrected chi connectivity index (χ0v) is 19.2. The van der Waals surface area contributed by atoms with Gasteiger partial charge in [0.05, 0.1) is 12.7 Å². The fourth-order valence-corrected chi connectivity index (χ4v) is 4.86. The normalized spacial score (nSPS) is 20.5. The Morgan fingerprint density at radius 3 is 2.18 bits per heavy atom. The van der Waals surface area contributed by atoms with Gasteiger partial charge in [-0.2, -0.15) is 0 Å². The average molecular weight is 454 g/mol. The van der Waals surface area contributed by atoms with Gasteiger partial charge in [-0.25, -0.2) is 9.59 Å². The lowest BCUT2D eigenvalue weighted by atomic mass is 9.96. The fraction of sp³-hybridized carbons (Fsp3) is 0.462. The number of benzene rings is 2. The number of carboxylic acids is 1. The highest BCUT2D eigenvalue weighted by atomic mass is 16.7. The Balaban J connectivity index is 1.41. The third-order valence-corrected chi connectivity index (χ3v) is 6.95. The van der Waals surface area contributed by atoms with Gasteiger partial charge in [0.15, 0.2) is 5.79 Å². The van der Waals surface area contributed by atoms with Crippen LogP contribution < -0.4 is 5.32 Å². The zero-order valence-electron chi connectivity index (χ0n) is 19.2. The van der Waals surface area contributed by atoms with Gasteiger partial charge >= 0.3 is 12.1 Å². The molecular formula is C26H31NO6. The van der Waals surface area contributed by atoms with Crippen molar-refractivity contribution in [3.63, 3.8) is 0 Å². The van der Waals surface area contributed by atoms with E-state index in [0.717, 1.165) is 22.3 Å². The molecule has 0 unspecified atom stereocenters. The van der Waals surface area contributed by atoms with Crippen LogP contribution in [0, 0.1) is 5.92 Å². The smallest absolute Gasteiger partial charge is 0.407 e. The Labute approximate surface area is 194 Å². The Hall–Kier alpha value is -2.90. The maximum Gasteiger partial charge on any atom is 0.407 e. The summed E-state index contributed by atoms with van der Waals surface area (Å²) >= 11 is 0. The number of carbonyl (C=O) groups is 2. The van der Waals surface area contributed by atoms with E-state index in [1.165, 1.54) is 0 Å². The molecule has 2 aliphatic rings. The second-order valence-corrected chi connectivity index (χ2v) is 8.73. The summed E-state index contributed by atoms with van der Waals surface area (Å²) in [6.07, 6.45) is 0.154. The number of fused-ring (bicyclic) bond motifs is 3. The van der Waals surface area contributed by atoms with Crippen LogP contribution in [0.5, 0.6) is 0 Å². The van der Waals surface area contributed by atoms with Crippen LogP contribution in [0.15, 0.2) is 48.5 Å². The Morgan fingerprint density at radius 1 is 1.09 bits per heavy atom. The van der Waals surface area contributed by atoms with Crippen LogP contribution in [0.3, 0.4) is 0 Å². The van der Waals surface area contributed by atoms with Gasteiger partial charge in [-0.15, -0.1) is 0 Å². The fourth-order valence-electron chi connectivity index (χ4n) is 4.86. The third-order valence-electron chi connectivity index (χ3n) is 6.95. The Bertz CT molecular complexity index is 972. The summed E-state index contributed by atoms with van der Waals surface area (Å²) in [5.41, 5.74) is 4.46. The maximum absolute atomic E-state index is 12.6. The van der Waals surface area contributed by atoms with Crippen LogP contribution in [0.1, 0.15) is 50.7 Å². The molecular weight excluding hydrogens is 422 g/mol. The summed E-state index contributed by atoms with van der Waals surface area (Å²) in [5, 5.41) is 12.3. The SMILES string of the molecule is CCC1(CC)OC[C@@H]([C@H](C)[C@H](NC(=O)OCC2c3ccccc3-c3ccccc32)C(=O)O)O1. The van der Waals surface area contributed by atoms with Crippen LogP contribution in [-0.4, -0.2) is 48.3 Å². The van der Waals surface area contributed by atoms with Crippen molar-refractivity contribution in [2.75, 3.05) is 13.2 Å². The summed E-state index contributed by atoms with van der Waals surface area (Å²) in [5.74, 6) is -2.41. The maximum atomic E-state index is 12.6. The molecule has 1 saturated heterocycles. The van der Waals surface area contributed by atoms with E-state index in [-0.39, 0.29) is 12.5 Å². The third kappa shape index (κ3) is 4.48. The van der Waals surface area contributed by atoms with E-state index in [1.54, 1.807) is 6.92 Å². The molecule has 1 aliphatic carbocycles. The van der Waals surface area contributed by atoms with Crippen LogP contribution in [0.2, 0.25) is 0 Å². The number of ether oxygens (including phenoxy) is 3. The molecule has 2 aromatic carbocycles. The van der Waals surface area contributed by atoms with E-state index in [1.807, 2.05) is 50.2 Å². The van der Waals surface area contributed by atoms with E-state index in [9.17, 15) is 14.7 Å². The molecule has 0 radical (unpaired) electrons. The van der Waals surface area contributed by atoms with Gasteiger partial charge in [0.2, 0.25) is 0 Å². The summed E-state index contributed by atoms with van der Waals surface area (Å²) in [6, 6.07) is 15.0. The molecule has 1 amide bonds. The molecule has 0 bridgehead atoms. The Morgan fingerprint density at radius 2 is 1.67 bits per heavy atom. The molecule has 3 atom stereocenters. The zero-order chi connectivity index (χ0) is 23.6. The predicted molar refractivity (Wildman–Crippen MR) is 123 cm³/mol. The molecule has 0 aromatic heterocycles. The van der Waals surface area contributed by atoms with Crippen molar-refractivity contribution in [1.29, 1.82) is 0 Å². The minimum absolute atomic E-state index is 0.0925. The Kier molecular flexibility index (Phi) is 6.72. The van der Waals surface area contributed by atoms with Gasteiger partial charge in [0.25, 0.3) is 0 Å². The number of amides is 1. The number of hydrogen-bond donors (Lipinski definition) is 2. The topological polar surface area (TPSA) is 94.1 Å². The minimum atomic E-state index is -1.15. The lowest BCUT2D eigenvalue weighted by molar-refractivity contribution is -0.178. The van der Waals surface area contributed by atoms with Crippen molar-refractivity contribution in [2.45, 2.75) is 57.5 Å². The van der Waals surface area contributed by atoms with Crippen LogP contribution in [-0.2, 0) is 19.0 Å². The van der Waals surface area contributed by atoms with Crippen molar-refractivity contribution < 1.29 is 28.9 Å². The second kappa shape index (κ2) is 9.53. The molecule has 0 saturated carbocycles. The first-order chi connectivity index (χ1) is 15.9. The molecule has 0 spiro atoms. The summed E-state index contributed by atoms with van der Waals surface area (Å²) < 4.78 is 17.4. The van der Waals surface area contributed by atoms with Crippen LogP contribution in [0.4, 0.5) is 4.79 Å². The molecule has 1 fully saturated rings. The molecule has 176 valence electrons. The largest absolute Gasteiger partial charge is 0.480 e. The van der Waals surface area contributed by atoms with Crippen molar-refractivity contribution >= 4 is 12.1 Å². The van der Waals surface area contributed by atoms with Gasteiger partial charge < -0.3 is 24.6 Å². The molecule has 2 N–H and O–H groups in total. The highest BCUT2D eigenvalue weighted by Crippen LogP contribution is 2.44. The molecule has 1 heterocycles. The van der Waals surface area contributed by atoms with E-state index in [2.05, 4.69) is 17.4 Å². The van der Waals surface area contributed by atoms with Crippen molar-refractivity contribution in [3.05, 3.63) is 59.7 Å². The standard InChI is InChI=1S/C26H31NO6/c1-4-26(5-2)32-15-22(33-26)16(3)23(24(28)29)27-25(30)31-14-21-19-12-8-6-10-17(19)18-11-7-9-13-20(18)21/h6-13,16,21-23H,4-5,14-15H2,1-3H3,(H,27,30)(H,28,29)/t16-,22-,23-/m0/s1. The highest BCUT2D eigenvalue weighted by molar-refractivity contribution is 5.81. The minimum Gasteiger partial charge on any atom is -0.480 e.